The van der Waals surface area contributed by atoms with Crippen LogP contribution in [-0.4, -0.2) is 6.04 Å². The first kappa shape index (κ1) is 14.0. The number of nitrogens with two attached hydrogens (primary N) is 1. The molecule has 1 fully saturated rings. The van der Waals surface area contributed by atoms with Crippen LogP contribution in [0.15, 0.2) is 0 Å². The first-order chi connectivity index (χ1) is 7.79. The maximum Gasteiger partial charge on any atom is 0.00698 e. The van der Waals surface area contributed by atoms with Gasteiger partial charge in [0.05, 0.1) is 0 Å². The van der Waals surface area contributed by atoms with Crippen LogP contribution in [-0.2, 0) is 0 Å². The lowest BCUT2D eigenvalue weighted by Crippen LogP contribution is -2.34. The summed E-state index contributed by atoms with van der Waals surface area (Å²) in [5.74, 6) is 1.78. The molecule has 0 saturated heterocycles. The van der Waals surface area contributed by atoms with Crippen molar-refractivity contribution in [3.05, 3.63) is 0 Å². The Morgan fingerprint density at radius 1 is 1.00 bits per heavy atom. The minimum absolute atomic E-state index is 0.481. The van der Waals surface area contributed by atoms with Crippen molar-refractivity contribution >= 4 is 0 Å². The minimum Gasteiger partial charge on any atom is -0.327 e. The lowest BCUT2D eigenvalue weighted by Gasteiger charge is -2.29. The van der Waals surface area contributed by atoms with Gasteiger partial charge in [0, 0.05) is 6.04 Å². The fourth-order valence-corrected chi connectivity index (χ4v) is 3.36. The van der Waals surface area contributed by atoms with Gasteiger partial charge in [0.25, 0.3) is 0 Å². The molecule has 1 aliphatic rings. The standard InChI is InChI=1S/C15H31N/c1-3-5-6-12-15(16)14(9-4-2)13-10-7-8-11-13/h13-15H,3-12,16H2,1-2H3. The van der Waals surface area contributed by atoms with Crippen molar-refractivity contribution in [1.82, 2.24) is 0 Å². The fraction of sp³-hybridized carbons (Fsp3) is 1.00. The van der Waals surface area contributed by atoms with E-state index in [1.54, 1.807) is 0 Å². The van der Waals surface area contributed by atoms with Crippen LogP contribution < -0.4 is 5.73 Å². The summed E-state index contributed by atoms with van der Waals surface area (Å²) in [6.45, 7) is 4.58. The summed E-state index contributed by atoms with van der Waals surface area (Å²) in [5.41, 5.74) is 6.42. The van der Waals surface area contributed by atoms with Crippen LogP contribution in [0.4, 0.5) is 0 Å². The molecule has 96 valence electrons. The molecule has 0 aromatic rings. The van der Waals surface area contributed by atoms with Crippen LogP contribution in [0.5, 0.6) is 0 Å². The SMILES string of the molecule is CCCCCC(N)C(CCC)C1CCCC1. The second-order valence-corrected chi connectivity index (χ2v) is 5.66. The summed E-state index contributed by atoms with van der Waals surface area (Å²) in [6, 6.07) is 0.481. The van der Waals surface area contributed by atoms with E-state index in [4.69, 9.17) is 5.73 Å². The van der Waals surface area contributed by atoms with Crippen molar-refractivity contribution in [3.8, 4) is 0 Å². The highest BCUT2D eigenvalue weighted by Gasteiger charge is 2.28. The second kappa shape index (κ2) is 8.11. The molecule has 0 radical (unpaired) electrons. The van der Waals surface area contributed by atoms with Gasteiger partial charge in [-0.2, -0.15) is 0 Å². The summed E-state index contributed by atoms with van der Waals surface area (Å²) in [5, 5.41) is 0. The van der Waals surface area contributed by atoms with Crippen molar-refractivity contribution in [2.24, 2.45) is 17.6 Å². The normalized spacial score (nSPS) is 21.2. The van der Waals surface area contributed by atoms with Crippen LogP contribution in [0.1, 0.15) is 78.1 Å². The summed E-state index contributed by atoms with van der Waals surface area (Å²) in [4.78, 5) is 0. The van der Waals surface area contributed by atoms with Crippen LogP contribution in [0.3, 0.4) is 0 Å². The molecule has 16 heavy (non-hydrogen) atoms. The van der Waals surface area contributed by atoms with Gasteiger partial charge in [-0.15, -0.1) is 0 Å². The number of hydrogen-bond donors (Lipinski definition) is 1. The van der Waals surface area contributed by atoms with Crippen LogP contribution >= 0.6 is 0 Å². The Labute approximate surface area is 102 Å². The molecule has 1 aliphatic carbocycles. The molecule has 0 aromatic carbocycles. The van der Waals surface area contributed by atoms with Gasteiger partial charge >= 0.3 is 0 Å². The van der Waals surface area contributed by atoms with Crippen molar-refractivity contribution < 1.29 is 0 Å². The summed E-state index contributed by atoms with van der Waals surface area (Å²) in [7, 11) is 0. The van der Waals surface area contributed by atoms with E-state index >= 15 is 0 Å². The smallest absolute Gasteiger partial charge is 0.00698 e. The highest BCUT2D eigenvalue weighted by molar-refractivity contribution is 4.82. The van der Waals surface area contributed by atoms with E-state index in [9.17, 15) is 0 Å². The van der Waals surface area contributed by atoms with Gasteiger partial charge < -0.3 is 5.73 Å². The molecule has 2 N–H and O–H groups in total. The van der Waals surface area contributed by atoms with Gasteiger partial charge in [-0.25, -0.2) is 0 Å². The lowest BCUT2D eigenvalue weighted by molar-refractivity contribution is 0.252. The first-order valence-electron chi connectivity index (χ1n) is 7.55. The Bertz CT molecular complexity index is 161. The third kappa shape index (κ3) is 4.45. The molecular weight excluding hydrogens is 194 g/mol. The monoisotopic (exact) mass is 225 g/mol. The molecule has 0 bridgehead atoms. The maximum atomic E-state index is 6.42. The van der Waals surface area contributed by atoms with Gasteiger partial charge in [-0.1, -0.05) is 65.2 Å². The minimum atomic E-state index is 0.481. The zero-order chi connectivity index (χ0) is 11.8. The number of hydrogen-bond acceptors (Lipinski definition) is 1. The Balaban J connectivity index is 2.34. The van der Waals surface area contributed by atoms with Crippen molar-refractivity contribution in [2.75, 3.05) is 0 Å². The van der Waals surface area contributed by atoms with E-state index in [2.05, 4.69) is 13.8 Å². The van der Waals surface area contributed by atoms with Crippen LogP contribution in [0.25, 0.3) is 0 Å². The Hall–Kier alpha value is -0.0400. The van der Waals surface area contributed by atoms with Crippen molar-refractivity contribution in [1.29, 1.82) is 0 Å². The van der Waals surface area contributed by atoms with E-state index in [-0.39, 0.29) is 0 Å². The molecule has 2 atom stereocenters. The second-order valence-electron chi connectivity index (χ2n) is 5.66. The fourth-order valence-electron chi connectivity index (χ4n) is 3.36. The van der Waals surface area contributed by atoms with Crippen LogP contribution in [0.2, 0.25) is 0 Å². The molecule has 0 spiro atoms. The van der Waals surface area contributed by atoms with Gasteiger partial charge in [0.1, 0.15) is 0 Å². The molecule has 0 aliphatic heterocycles. The van der Waals surface area contributed by atoms with E-state index < -0.39 is 0 Å². The predicted octanol–water partition coefficient (Wildman–Crippen LogP) is 4.50. The molecule has 0 amide bonds. The summed E-state index contributed by atoms with van der Waals surface area (Å²) in [6.07, 6.45) is 13.7. The van der Waals surface area contributed by atoms with E-state index in [1.165, 1.54) is 64.2 Å². The van der Waals surface area contributed by atoms with Gasteiger partial charge in [0.2, 0.25) is 0 Å². The average Bonchev–Trinajstić information content (AvgIpc) is 2.79. The molecule has 1 rings (SSSR count). The van der Waals surface area contributed by atoms with Gasteiger partial charge in [0.15, 0.2) is 0 Å². The van der Waals surface area contributed by atoms with Crippen LogP contribution in [0, 0.1) is 11.8 Å². The number of rotatable bonds is 8. The average molecular weight is 225 g/mol. The zero-order valence-electron chi connectivity index (χ0n) is 11.4. The molecule has 2 unspecified atom stereocenters. The Morgan fingerprint density at radius 2 is 1.69 bits per heavy atom. The van der Waals surface area contributed by atoms with E-state index in [1.807, 2.05) is 0 Å². The Kier molecular flexibility index (Phi) is 7.11. The molecule has 1 saturated carbocycles. The highest BCUT2D eigenvalue weighted by Crippen LogP contribution is 2.36. The first-order valence-corrected chi connectivity index (χ1v) is 7.55. The molecule has 1 nitrogen and oxygen atoms in total. The van der Waals surface area contributed by atoms with E-state index in [0.717, 1.165) is 11.8 Å². The summed E-state index contributed by atoms with van der Waals surface area (Å²) >= 11 is 0. The maximum absolute atomic E-state index is 6.42. The highest BCUT2D eigenvalue weighted by atomic mass is 14.7. The molecular formula is C15H31N. The van der Waals surface area contributed by atoms with Crippen molar-refractivity contribution in [3.63, 3.8) is 0 Å². The predicted molar refractivity (Wildman–Crippen MR) is 72.5 cm³/mol. The van der Waals surface area contributed by atoms with E-state index in [0.29, 0.717) is 6.04 Å². The lowest BCUT2D eigenvalue weighted by atomic mass is 9.80. The Morgan fingerprint density at radius 3 is 2.25 bits per heavy atom. The third-order valence-electron chi connectivity index (χ3n) is 4.32. The largest absolute Gasteiger partial charge is 0.327 e. The van der Waals surface area contributed by atoms with Gasteiger partial charge in [-0.05, 0) is 24.7 Å². The third-order valence-corrected chi connectivity index (χ3v) is 4.32. The number of unbranched alkanes of at least 4 members (excludes halogenated alkanes) is 2. The zero-order valence-corrected chi connectivity index (χ0v) is 11.4. The van der Waals surface area contributed by atoms with Gasteiger partial charge in [-0.3, -0.25) is 0 Å². The quantitative estimate of drug-likeness (QED) is 0.605. The van der Waals surface area contributed by atoms with Crippen molar-refractivity contribution in [2.45, 2.75) is 84.1 Å². The molecule has 0 heterocycles. The molecule has 0 aromatic heterocycles. The molecule has 1 heteroatoms. The summed E-state index contributed by atoms with van der Waals surface area (Å²) < 4.78 is 0. The topological polar surface area (TPSA) is 26.0 Å².